The fraction of sp³-hybridized carbons (Fsp3) is 0.536. The van der Waals surface area contributed by atoms with Crippen LogP contribution >= 0.6 is 0 Å². The van der Waals surface area contributed by atoms with Gasteiger partial charge in [0.1, 0.15) is 0 Å². The molecule has 0 bridgehead atoms. The molecule has 1 aromatic carbocycles. The predicted octanol–water partition coefficient (Wildman–Crippen LogP) is 2.25. The van der Waals surface area contributed by atoms with E-state index in [1.807, 2.05) is 66.5 Å². The number of nitrogens with zero attached hydrogens (tertiary/aromatic N) is 5. The standard InChI is InChI=1S/C28H44N6O2/c1-5-31(3)18-14-19-32(4)21-22-33(6-2)26(35)23-30-28(36)27-29-17-12-7-8-13-20-34(27)24-25-15-10-9-11-16-25/h7-13,15-16H,5-6,14,17-24H2,1-4H3,(H,30,36)/b12-7-,13-8-,29-27?. The van der Waals surface area contributed by atoms with Crippen molar-refractivity contribution >= 4 is 17.6 Å². The zero-order chi connectivity index (χ0) is 26.2. The van der Waals surface area contributed by atoms with Gasteiger partial charge in [-0.3, -0.25) is 14.6 Å². The van der Waals surface area contributed by atoms with E-state index in [1.54, 1.807) is 4.90 Å². The van der Waals surface area contributed by atoms with Gasteiger partial charge in [-0.05, 0) is 52.6 Å². The molecule has 0 radical (unpaired) electrons. The Morgan fingerprint density at radius 3 is 2.39 bits per heavy atom. The first kappa shape index (κ1) is 29.3. The van der Waals surface area contributed by atoms with E-state index in [4.69, 9.17) is 0 Å². The van der Waals surface area contributed by atoms with Gasteiger partial charge in [-0.25, -0.2) is 0 Å². The highest BCUT2D eigenvalue weighted by Crippen LogP contribution is 2.07. The van der Waals surface area contributed by atoms with Gasteiger partial charge < -0.3 is 24.9 Å². The van der Waals surface area contributed by atoms with Crippen molar-refractivity contribution in [3.05, 3.63) is 60.2 Å². The summed E-state index contributed by atoms with van der Waals surface area (Å²) >= 11 is 0. The molecule has 1 N–H and O–H groups in total. The van der Waals surface area contributed by atoms with Gasteiger partial charge in [-0.2, -0.15) is 0 Å². The number of aliphatic imine (C=N–C) groups is 1. The largest absolute Gasteiger partial charge is 0.344 e. The van der Waals surface area contributed by atoms with Crippen LogP contribution in [0.2, 0.25) is 0 Å². The van der Waals surface area contributed by atoms with Crippen molar-refractivity contribution < 1.29 is 9.59 Å². The van der Waals surface area contributed by atoms with E-state index < -0.39 is 0 Å². The summed E-state index contributed by atoms with van der Waals surface area (Å²) in [4.78, 5) is 38.9. The maximum absolute atomic E-state index is 13.1. The molecule has 36 heavy (non-hydrogen) atoms. The van der Waals surface area contributed by atoms with Crippen LogP contribution in [-0.4, -0.2) is 110 Å². The molecule has 0 fully saturated rings. The monoisotopic (exact) mass is 496 g/mol. The normalized spacial score (nSPS) is 15.6. The molecule has 8 nitrogen and oxygen atoms in total. The lowest BCUT2D eigenvalue weighted by molar-refractivity contribution is -0.131. The molecule has 0 spiro atoms. The lowest BCUT2D eigenvalue weighted by Gasteiger charge is -2.26. The molecule has 0 aromatic heterocycles. The van der Waals surface area contributed by atoms with Crippen molar-refractivity contribution in [3.63, 3.8) is 0 Å². The Bertz CT molecular complexity index is 883. The second-order valence-electron chi connectivity index (χ2n) is 9.10. The fourth-order valence-corrected chi connectivity index (χ4v) is 3.87. The number of amides is 2. The molecule has 0 saturated carbocycles. The summed E-state index contributed by atoms with van der Waals surface area (Å²) in [5.41, 5.74) is 1.09. The summed E-state index contributed by atoms with van der Waals surface area (Å²) in [6.07, 6.45) is 8.93. The lowest BCUT2D eigenvalue weighted by Crippen LogP contribution is -2.48. The van der Waals surface area contributed by atoms with Crippen LogP contribution in [0.15, 0.2) is 59.6 Å². The lowest BCUT2D eigenvalue weighted by atomic mass is 10.2. The number of hydrogen-bond acceptors (Lipinski definition) is 6. The first-order valence-corrected chi connectivity index (χ1v) is 13.0. The molecule has 8 heteroatoms. The Hall–Kier alpha value is -2.97. The van der Waals surface area contributed by atoms with E-state index in [-0.39, 0.29) is 18.4 Å². The van der Waals surface area contributed by atoms with Gasteiger partial charge in [0.2, 0.25) is 5.91 Å². The Labute approximate surface area is 217 Å². The van der Waals surface area contributed by atoms with Crippen molar-refractivity contribution in [1.82, 2.24) is 24.9 Å². The number of hydrogen-bond donors (Lipinski definition) is 1. The number of amidine groups is 1. The quantitative estimate of drug-likeness (QED) is 0.428. The van der Waals surface area contributed by atoms with Crippen LogP contribution in [-0.2, 0) is 16.1 Å². The predicted molar refractivity (Wildman–Crippen MR) is 148 cm³/mol. The van der Waals surface area contributed by atoms with Crippen LogP contribution in [0.4, 0.5) is 0 Å². The van der Waals surface area contributed by atoms with Gasteiger partial charge in [-0.15, -0.1) is 0 Å². The molecular formula is C28H44N6O2. The molecule has 1 aromatic rings. The first-order valence-electron chi connectivity index (χ1n) is 13.0. The van der Waals surface area contributed by atoms with Gasteiger partial charge in [-0.1, -0.05) is 61.6 Å². The Balaban J connectivity index is 1.90. The van der Waals surface area contributed by atoms with Crippen molar-refractivity contribution in [3.8, 4) is 0 Å². The van der Waals surface area contributed by atoms with E-state index in [9.17, 15) is 9.59 Å². The molecule has 1 heterocycles. The summed E-state index contributed by atoms with van der Waals surface area (Å²) in [5.74, 6) is -0.0538. The van der Waals surface area contributed by atoms with Gasteiger partial charge in [0.15, 0.2) is 5.84 Å². The molecule has 1 aliphatic heterocycles. The topological polar surface area (TPSA) is 71.5 Å². The molecule has 0 aliphatic carbocycles. The highest BCUT2D eigenvalue weighted by molar-refractivity contribution is 6.38. The van der Waals surface area contributed by atoms with Crippen molar-refractivity contribution in [2.75, 3.05) is 73.0 Å². The van der Waals surface area contributed by atoms with Gasteiger partial charge in [0.25, 0.3) is 5.91 Å². The first-order chi connectivity index (χ1) is 17.4. The average Bonchev–Trinajstić information content (AvgIpc) is 3.00. The maximum atomic E-state index is 13.1. The molecule has 2 amide bonds. The SMILES string of the molecule is CCN(C)CCCN(C)CCN(CC)C(=O)CNC(=O)C1=NC/C=C\C=C/CN1Cc1ccccc1. The highest BCUT2D eigenvalue weighted by atomic mass is 16.2. The molecule has 2 rings (SSSR count). The summed E-state index contributed by atoms with van der Waals surface area (Å²) < 4.78 is 0. The van der Waals surface area contributed by atoms with Crippen LogP contribution < -0.4 is 5.32 Å². The number of carbonyl (C=O) groups is 2. The zero-order valence-corrected chi connectivity index (χ0v) is 22.5. The number of rotatable bonds is 14. The third-order valence-electron chi connectivity index (χ3n) is 6.28. The number of nitrogens with one attached hydrogen (secondary N) is 1. The average molecular weight is 497 g/mol. The summed E-state index contributed by atoms with van der Waals surface area (Å²) in [5, 5.41) is 2.82. The Morgan fingerprint density at radius 2 is 1.67 bits per heavy atom. The van der Waals surface area contributed by atoms with Crippen LogP contribution in [0.1, 0.15) is 25.8 Å². The maximum Gasteiger partial charge on any atom is 0.287 e. The van der Waals surface area contributed by atoms with Crippen molar-refractivity contribution in [2.24, 2.45) is 4.99 Å². The van der Waals surface area contributed by atoms with E-state index in [0.29, 0.717) is 38.6 Å². The van der Waals surface area contributed by atoms with Crippen LogP contribution in [0.25, 0.3) is 0 Å². The number of benzene rings is 1. The van der Waals surface area contributed by atoms with E-state index >= 15 is 0 Å². The van der Waals surface area contributed by atoms with E-state index in [1.165, 1.54) is 0 Å². The molecular weight excluding hydrogens is 452 g/mol. The molecule has 198 valence electrons. The Kier molecular flexibility index (Phi) is 13.5. The summed E-state index contributed by atoms with van der Waals surface area (Å²) in [7, 11) is 4.22. The fourth-order valence-electron chi connectivity index (χ4n) is 3.87. The third-order valence-corrected chi connectivity index (χ3v) is 6.28. The van der Waals surface area contributed by atoms with E-state index in [2.05, 4.69) is 41.1 Å². The minimum absolute atomic E-state index is 0.0401. The van der Waals surface area contributed by atoms with Crippen molar-refractivity contribution in [1.29, 1.82) is 0 Å². The number of carbonyl (C=O) groups excluding carboxylic acids is 2. The van der Waals surface area contributed by atoms with Crippen LogP contribution in [0.5, 0.6) is 0 Å². The summed E-state index contributed by atoms with van der Waals surface area (Å²) in [6, 6.07) is 10.0. The second-order valence-corrected chi connectivity index (χ2v) is 9.10. The molecule has 0 saturated heterocycles. The van der Waals surface area contributed by atoms with Gasteiger partial charge >= 0.3 is 0 Å². The van der Waals surface area contributed by atoms with E-state index in [0.717, 1.165) is 38.2 Å². The Morgan fingerprint density at radius 1 is 0.944 bits per heavy atom. The third kappa shape index (κ3) is 10.7. The van der Waals surface area contributed by atoms with Crippen LogP contribution in [0, 0.1) is 0 Å². The number of allylic oxidation sites excluding steroid dienone is 2. The van der Waals surface area contributed by atoms with Gasteiger partial charge in [0.05, 0.1) is 13.1 Å². The van der Waals surface area contributed by atoms with Gasteiger partial charge in [0, 0.05) is 32.7 Å². The van der Waals surface area contributed by atoms with Crippen LogP contribution in [0.3, 0.4) is 0 Å². The number of likely N-dealkylation sites (N-methyl/N-ethyl adjacent to an activating group) is 2. The summed E-state index contributed by atoms with van der Waals surface area (Å²) in [6.45, 7) is 10.8. The minimum atomic E-state index is -0.323. The smallest absolute Gasteiger partial charge is 0.287 e. The highest BCUT2D eigenvalue weighted by Gasteiger charge is 2.21. The molecule has 0 unspecified atom stereocenters. The minimum Gasteiger partial charge on any atom is -0.344 e. The second kappa shape index (κ2) is 16.7. The molecule has 0 atom stereocenters. The molecule has 1 aliphatic rings. The van der Waals surface area contributed by atoms with Crippen molar-refractivity contribution in [2.45, 2.75) is 26.8 Å². The zero-order valence-electron chi connectivity index (χ0n) is 22.5.